The van der Waals surface area contributed by atoms with Crippen molar-refractivity contribution in [1.82, 2.24) is 0 Å². The zero-order chi connectivity index (χ0) is 8.81. The highest BCUT2D eigenvalue weighted by Gasteiger charge is 2.13. The van der Waals surface area contributed by atoms with Gasteiger partial charge in [-0.25, -0.2) is 0 Å². The monoisotopic (exact) mass is 186 g/mol. The van der Waals surface area contributed by atoms with Gasteiger partial charge in [0.05, 0.1) is 0 Å². The van der Waals surface area contributed by atoms with Gasteiger partial charge < -0.3 is 0 Å². The molecule has 1 fully saturated rings. The third kappa shape index (κ3) is 3.18. The van der Waals surface area contributed by atoms with Crippen molar-refractivity contribution >= 4 is 11.6 Å². The van der Waals surface area contributed by atoms with E-state index in [1.165, 1.54) is 32.1 Å². The molecule has 1 aliphatic rings. The Morgan fingerprint density at radius 1 is 1.33 bits per heavy atom. The Bertz CT molecular complexity index is 143. The normalized spacial score (nSPS) is 21.3. The fraction of sp³-hybridized carbons (Fsp3) is 0.818. The molecule has 0 aliphatic heterocycles. The van der Waals surface area contributed by atoms with Crippen molar-refractivity contribution in [3.63, 3.8) is 0 Å². The lowest BCUT2D eigenvalue weighted by Gasteiger charge is -2.22. The maximum Gasteiger partial charge on any atom is 0.0258 e. The molecule has 0 radical (unpaired) electrons. The van der Waals surface area contributed by atoms with Crippen molar-refractivity contribution in [3.05, 3.63) is 11.6 Å². The average Bonchev–Trinajstić information content (AvgIpc) is 2.15. The van der Waals surface area contributed by atoms with E-state index in [2.05, 4.69) is 13.0 Å². The first-order chi connectivity index (χ1) is 5.84. The molecule has 1 aliphatic carbocycles. The van der Waals surface area contributed by atoms with Crippen LogP contribution in [-0.4, -0.2) is 5.88 Å². The summed E-state index contributed by atoms with van der Waals surface area (Å²) < 4.78 is 0. The largest absolute Gasteiger partial charge is 0.126 e. The topological polar surface area (TPSA) is 0 Å². The molecule has 0 spiro atoms. The van der Waals surface area contributed by atoms with E-state index >= 15 is 0 Å². The van der Waals surface area contributed by atoms with Crippen molar-refractivity contribution in [1.29, 1.82) is 0 Å². The van der Waals surface area contributed by atoms with Crippen LogP contribution in [0, 0.1) is 5.92 Å². The van der Waals surface area contributed by atoms with Crippen LogP contribution in [-0.2, 0) is 0 Å². The average molecular weight is 187 g/mol. The van der Waals surface area contributed by atoms with E-state index < -0.39 is 0 Å². The summed E-state index contributed by atoms with van der Waals surface area (Å²) in [6, 6.07) is 0. The summed E-state index contributed by atoms with van der Waals surface area (Å²) in [4.78, 5) is 0. The Kier molecular flexibility index (Phi) is 4.75. The Labute approximate surface area is 81.0 Å². The molecule has 0 bridgehead atoms. The van der Waals surface area contributed by atoms with Gasteiger partial charge in [-0.1, -0.05) is 30.9 Å². The van der Waals surface area contributed by atoms with Crippen LogP contribution >= 0.6 is 11.6 Å². The predicted octanol–water partition coefficient (Wildman–Crippen LogP) is 4.14. The van der Waals surface area contributed by atoms with Crippen LogP contribution in [0.5, 0.6) is 0 Å². The quantitative estimate of drug-likeness (QED) is 0.459. The van der Waals surface area contributed by atoms with Crippen molar-refractivity contribution in [2.75, 3.05) is 5.88 Å². The summed E-state index contributed by atoms with van der Waals surface area (Å²) in [7, 11) is 0. The lowest BCUT2D eigenvalue weighted by atomic mass is 9.84. The van der Waals surface area contributed by atoms with Gasteiger partial charge in [0.2, 0.25) is 0 Å². The van der Waals surface area contributed by atoms with E-state index in [1.807, 2.05) is 0 Å². The third-order valence-electron chi connectivity index (χ3n) is 2.82. The lowest BCUT2D eigenvalue weighted by Crippen LogP contribution is -2.07. The van der Waals surface area contributed by atoms with Gasteiger partial charge in [0.1, 0.15) is 0 Å². The molecule has 0 unspecified atom stereocenters. The van der Waals surface area contributed by atoms with Crippen LogP contribution in [0.3, 0.4) is 0 Å². The fourth-order valence-electron chi connectivity index (χ4n) is 2.01. The molecule has 0 aromatic heterocycles. The van der Waals surface area contributed by atoms with Crippen LogP contribution in [0.25, 0.3) is 0 Å². The molecular weight excluding hydrogens is 168 g/mol. The number of hydrogen-bond acceptors (Lipinski definition) is 0. The molecule has 0 aromatic rings. The second-order valence-electron chi connectivity index (χ2n) is 3.76. The maximum atomic E-state index is 5.64. The summed E-state index contributed by atoms with van der Waals surface area (Å²) >= 11 is 5.64. The standard InChI is InChI=1S/C11H19Cl/c1-10(6-5-9-12)11-7-3-2-4-8-11/h6,11H,2-5,7-9H2,1H3/b10-6+. The first-order valence-electron chi connectivity index (χ1n) is 5.07. The number of rotatable bonds is 3. The van der Waals surface area contributed by atoms with E-state index in [0.29, 0.717) is 0 Å². The number of halogens is 1. The molecule has 1 heteroatoms. The second-order valence-corrected chi connectivity index (χ2v) is 4.14. The molecule has 0 N–H and O–H groups in total. The fourth-order valence-corrected chi connectivity index (χ4v) is 2.12. The molecule has 12 heavy (non-hydrogen) atoms. The minimum atomic E-state index is 0.768. The van der Waals surface area contributed by atoms with Gasteiger partial charge in [0.25, 0.3) is 0 Å². The van der Waals surface area contributed by atoms with Crippen LogP contribution in [0.1, 0.15) is 45.4 Å². The summed E-state index contributed by atoms with van der Waals surface area (Å²) in [6.45, 7) is 2.27. The molecule has 0 heterocycles. The summed E-state index contributed by atoms with van der Waals surface area (Å²) in [6.07, 6.45) is 10.5. The van der Waals surface area contributed by atoms with Gasteiger partial charge in [0, 0.05) is 5.88 Å². The molecular formula is C11H19Cl. The van der Waals surface area contributed by atoms with Gasteiger partial charge >= 0.3 is 0 Å². The van der Waals surface area contributed by atoms with Crippen LogP contribution in [0.4, 0.5) is 0 Å². The van der Waals surface area contributed by atoms with Crippen LogP contribution < -0.4 is 0 Å². The number of hydrogen-bond donors (Lipinski definition) is 0. The first-order valence-corrected chi connectivity index (χ1v) is 5.60. The first kappa shape index (κ1) is 10.1. The highest BCUT2D eigenvalue weighted by atomic mass is 35.5. The molecule has 0 amide bonds. The van der Waals surface area contributed by atoms with Gasteiger partial charge in [-0.3, -0.25) is 0 Å². The van der Waals surface area contributed by atoms with Crippen molar-refractivity contribution in [2.24, 2.45) is 5.92 Å². The Morgan fingerprint density at radius 3 is 2.58 bits per heavy atom. The Balaban J connectivity index is 2.33. The van der Waals surface area contributed by atoms with E-state index in [1.54, 1.807) is 5.57 Å². The Morgan fingerprint density at radius 2 is 2.00 bits per heavy atom. The number of allylic oxidation sites excluding steroid dienone is 2. The smallest absolute Gasteiger partial charge is 0.0258 e. The van der Waals surface area contributed by atoms with E-state index in [-0.39, 0.29) is 0 Å². The van der Waals surface area contributed by atoms with Gasteiger partial charge in [-0.2, -0.15) is 0 Å². The van der Waals surface area contributed by atoms with Crippen molar-refractivity contribution < 1.29 is 0 Å². The zero-order valence-corrected chi connectivity index (χ0v) is 8.74. The van der Waals surface area contributed by atoms with Crippen LogP contribution in [0.15, 0.2) is 11.6 Å². The minimum absolute atomic E-state index is 0.768. The van der Waals surface area contributed by atoms with Crippen molar-refractivity contribution in [2.45, 2.75) is 45.4 Å². The van der Waals surface area contributed by atoms with Crippen molar-refractivity contribution in [3.8, 4) is 0 Å². The second kappa shape index (κ2) is 5.64. The highest BCUT2D eigenvalue weighted by Crippen LogP contribution is 2.29. The molecule has 1 saturated carbocycles. The summed E-state index contributed by atoms with van der Waals surface area (Å²) in [5.74, 6) is 1.64. The zero-order valence-electron chi connectivity index (χ0n) is 7.98. The molecule has 0 aromatic carbocycles. The SMILES string of the molecule is C/C(=C\CCCl)C1CCCCC1. The van der Waals surface area contributed by atoms with E-state index in [0.717, 1.165) is 18.2 Å². The minimum Gasteiger partial charge on any atom is -0.126 e. The van der Waals surface area contributed by atoms with Gasteiger partial charge in [-0.05, 0) is 32.1 Å². The molecule has 0 nitrogen and oxygen atoms in total. The molecule has 0 atom stereocenters. The maximum absolute atomic E-state index is 5.64. The highest BCUT2D eigenvalue weighted by molar-refractivity contribution is 6.17. The Hall–Kier alpha value is 0.0300. The lowest BCUT2D eigenvalue weighted by molar-refractivity contribution is 0.402. The van der Waals surface area contributed by atoms with E-state index in [9.17, 15) is 0 Å². The molecule has 0 saturated heterocycles. The van der Waals surface area contributed by atoms with Gasteiger partial charge in [0.15, 0.2) is 0 Å². The summed E-state index contributed by atoms with van der Waals surface area (Å²) in [5, 5.41) is 0. The predicted molar refractivity (Wildman–Crippen MR) is 55.7 cm³/mol. The number of alkyl halides is 1. The molecule has 70 valence electrons. The summed E-state index contributed by atoms with van der Waals surface area (Å²) in [5.41, 5.74) is 1.58. The molecule has 1 rings (SSSR count). The third-order valence-corrected chi connectivity index (χ3v) is 3.04. The van der Waals surface area contributed by atoms with E-state index in [4.69, 9.17) is 11.6 Å². The van der Waals surface area contributed by atoms with Crippen LogP contribution in [0.2, 0.25) is 0 Å². The van der Waals surface area contributed by atoms with Gasteiger partial charge in [-0.15, -0.1) is 11.6 Å².